The van der Waals surface area contributed by atoms with E-state index in [4.69, 9.17) is 29.9 Å². The summed E-state index contributed by atoms with van der Waals surface area (Å²) in [4.78, 5) is 40.3. The zero-order chi connectivity index (χ0) is 58.0. The van der Waals surface area contributed by atoms with Crippen molar-refractivity contribution in [2.24, 2.45) is 17.3 Å². The molecule has 2 fully saturated rings. The molecule has 0 amide bonds. The normalized spacial score (nSPS) is 20.2. The molecule has 8 bridgehead atoms. The highest BCUT2D eigenvalue weighted by Crippen LogP contribution is 2.64. The number of aliphatic hydroxyl groups is 1. The molecule has 11 aromatic rings. The first-order chi connectivity index (χ1) is 42.0. The molecule has 0 unspecified atom stereocenters. The number of nitrogens with one attached hydrogen (secondary N) is 2. The van der Waals surface area contributed by atoms with Crippen molar-refractivity contribution in [1.29, 1.82) is 0 Å². The Morgan fingerprint density at radius 2 is 0.977 bits per heavy atom. The average Bonchev–Trinajstić information content (AvgIpc) is 1.57. The summed E-state index contributed by atoms with van der Waals surface area (Å²) in [5.74, 6) is 10.9. The SMILES string of the molecule is CCCCc1ccc2cc3c(cc2c1)-c1nc-3nc2[nH]c(nc3nc(nc4[nH]c(n1)c1ccc(C#C[C@]5(O)CC[C@H]6[C@@H]7CCc8cc(O)ccc8[C@H]7CC[C@@]65C)cc41)-c1cc4ccc(CCCC)cc4cc1-3)c1cc3ccc(CCCC)cc3cc21. The number of aromatic nitrogens is 8. The van der Waals surface area contributed by atoms with Crippen molar-refractivity contribution in [3.05, 3.63) is 161 Å². The van der Waals surface area contributed by atoms with Gasteiger partial charge in [-0.25, -0.2) is 29.9 Å². The second-order valence-electron chi connectivity index (χ2n) is 25.8. The van der Waals surface area contributed by atoms with Gasteiger partial charge < -0.3 is 20.2 Å². The number of fused-ring (bicyclic) bond motifs is 28. The second kappa shape index (κ2) is 20.4. The number of aromatic hydroxyl groups is 1. The lowest BCUT2D eigenvalue weighted by atomic mass is 9.53. The Morgan fingerprint density at radius 3 is 1.52 bits per heavy atom. The Bertz CT molecular complexity index is 4910. The first-order valence-corrected chi connectivity index (χ1v) is 31.7. The lowest BCUT2D eigenvalue weighted by Crippen LogP contribution is -2.50. The molecule has 10 nitrogen and oxygen atoms in total. The third-order valence-corrected chi connectivity index (χ3v) is 20.6. The van der Waals surface area contributed by atoms with E-state index in [1.807, 2.05) is 12.1 Å². The zero-order valence-electron chi connectivity index (χ0n) is 49.5. The molecule has 8 aromatic carbocycles. The number of benzene rings is 8. The highest BCUT2D eigenvalue weighted by molar-refractivity contribution is 6.12. The van der Waals surface area contributed by atoms with Crippen LogP contribution in [0.4, 0.5) is 0 Å². The number of aromatic amines is 2. The summed E-state index contributed by atoms with van der Waals surface area (Å²) in [5.41, 5.74) is 12.0. The van der Waals surface area contributed by atoms with Gasteiger partial charge in [-0.15, -0.1) is 0 Å². The Morgan fingerprint density at radius 1 is 0.488 bits per heavy atom. The molecule has 5 atom stereocenters. The van der Waals surface area contributed by atoms with Crippen LogP contribution in [0.3, 0.4) is 0 Å². The standard InChI is InChI=1S/C76H70N8O2/c1-5-8-11-43-14-18-47-37-60-63(40-51(47)32-43)72-78-67-58-23-17-46(26-30-76(86)31-28-66-57-24-21-50-36-54(85)22-25-55(50)56(57)27-29-75(66,76)4)35-59(58)68(77-67)79-69-61-38-48-19-15-44(12-9-6-2)33-52(48)41-64(61)73(81-69)83-71-62-39-49-20-16-45(13-10-7-3)34-53(49)42-65(62)74(84-71)82-70(60)80-72/h14-20,22-23,25,32-42,56-57,66,85-86H,5-13,21,24,27-29,31H2,1-4H3,(H2,77,78,79,80,81,82,83,84)/t56-,57-,66+,75+,76+/m1/s1. The number of H-pyrrole nitrogens is 2. The van der Waals surface area contributed by atoms with Crippen molar-refractivity contribution in [3.63, 3.8) is 0 Å². The fraction of sp³-hybridized carbons (Fsp3) is 0.316. The molecule has 3 aliphatic carbocycles. The molecule has 10 heteroatoms. The quantitative estimate of drug-likeness (QED) is 0.104. The number of phenolic OH excluding ortho intramolecular Hbond substituents is 1. The monoisotopic (exact) mass is 1130 g/mol. The van der Waals surface area contributed by atoms with Gasteiger partial charge in [0.15, 0.2) is 23.3 Å². The number of hydrogen-bond donors (Lipinski definition) is 4. The van der Waals surface area contributed by atoms with Crippen LogP contribution >= 0.6 is 0 Å². The van der Waals surface area contributed by atoms with E-state index in [9.17, 15) is 10.2 Å². The maximum atomic E-state index is 12.9. The third kappa shape index (κ3) is 8.70. The summed E-state index contributed by atoms with van der Waals surface area (Å²) in [5, 5.41) is 33.6. The summed E-state index contributed by atoms with van der Waals surface area (Å²) in [6.45, 7) is 9.02. The number of unbranched alkanes of at least 4 members (excludes halogenated alkanes) is 3. The number of phenols is 1. The van der Waals surface area contributed by atoms with Crippen LogP contribution in [0.2, 0.25) is 0 Å². The van der Waals surface area contributed by atoms with E-state index in [2.05, 4.69) is 165 Å². The first kappa shape index (κ1) is 52.7. The molecular weight excluding hydrogens is 1060 g/mol. The van der Waals surface area contributed by atoms with Crippen molar-refractivity contribution in [3.8, 4) is 63.1 Å². The van der Waals surface area contributed by atoms with Crippen molar-refractivity contribution in [2.75, 3.05) is 0 Å². The Kier molecular flexibility index (Phi) is 12.5. The Hall–Kier alpha value is -8.78. The van der Waals surface area contributed by atoms with Crippen LogP contribution < -0.4 is 0 Å². The third-order valence-electron chi connectivity index (χ3n) is 20.6. The number of nitrogens with zero attached hydrogens (tertiary/aromatic N) is 6. The summed E-state index contributed by atoms with van der Waals surface area (Å²) in [6.07, 6.45) is 15.4. The van der Waals surface area contributed by atoms with Gasteiger partial charge >= 0.3 is 0 Å². The van der Waals surface area contributed by atoms with E-state index in [0.717, 1.165) is 172 Å². The lowest BCUT2D eigenvalue weighted by molar-refractivity contribution is -0.0647. The zero-order valence-corrected chi connectivity index (χ0v) is 49.5. The maximum Gasteiger partial charge on any atom is 0.164 e. The van der Waals surface area contributed by atoms with E-state index < -0.39 is 5.60 Å². The van der Waals surface area contributed by atoms with Crippen molar-refractivity contribution in [2.45, 2.75) is 136 Å². The molecule has 86 heavy (non-hydrogen) atoms. The maximum absolute atomic E-state index is 12.9. The number of rotatable bonds is 9. The largest absolute Gasteiger partial charge is 0.508 e. The molecule has 5 aliphatic rings. The summed E-state index contributed by atoms with van der Waals surface area (Å²) < 4.78 is 0. The van der Waals surface area contributed by atoms with Crippen LogP contribution in [0.25, 0.3) is 122 Å². The molecule has 0 spiro atoms. The molecule has 3 aromatic heterocycles. The van der Waals surface area contributed by atoms with E-state index in [-0.39, 0.29) is 5.41 Å². The van der Waals surface area contributed by atoms with Gasteiger partial charge in [0.25, 0.3) is 0 Å². The van der Waals surface area contributed by atoms with Gasteiger partial charge in [0.05, 0.1) is 0 Å². The molecular formula is C76H70N8O2. The minimum atomic E-state index is -1.15. The Balaban J connectivity index is 0.914. The van der Waals surface area contributed by atoms with Gasteiger partial charge in [0, 0.05) is 54.8 Å². The highest BCUT2D eigenvalue weighted by Gasteiger charge is 2.61. The van der Waals surface area contributed by atoms with Crippen molar-refractivity contribution in [1.82, 2.24) is 39.9 Å². The molecule has 0 radical (unpaired) electrons. The van der Waals surface area contributed by atoms with Crippen LogP contribution in [0.15, 0.2) is 127 Å². The molecule has 0 saturated heterocycles. The van der Waals surface area contributed by atoms with Gasteiger partial charge in [-0.3, -0.25) is 0 Å². The van der Waals surface area contributed by atoms with Gasteiger partial charge in [0.2, 0.25) is 0 Å². The lowest BCUT2D eigenvalue weighted by Gasteiger charge is -2.52. The topological polar surface area (TPSA) is 149 Å². The molecule has 16 rings (SSSR count). The molecule has 426 valence electrons. The van der Waals surface area contributed by atoms with Gasteiger partial charge in [0.1, 0.15) is 33.9 Å². The predicted octanol–water partition coefficient (Wildman–Crippen LogP) is 17.7. The number of hydrogen-bond acceptors (Lipinski definition) is 8. The van der Waals surface area contributed by atoms with Crippen molar-refractivity contribution >= 4 is 76.5 Å². The van der Waals surface area contributed by atoms with Crippen LogP contribution in [0.1, 0.15) is 138 Å². The molecule has 4 N–H and O–H groups in total. The first-order valence-electron chi connectivity index (χ1n) is 31.7. The predicted molar refractivity (Wildman–Crippen MR) is 349 cm³/mol. The fourth-order valence-electron chi connectivity index (χ4n) is 15.8. The Labute approximate surface area is 500 Å². The minimum absolute atomic E-state index is 0.344. The van der Waals surface area contributed by atoms with Gasteiger partial charge in [-0.05, 0) is 222 Å². The highest BCUT2D eigenvalue weighted by atomic mass is 16.3. The van der Waals surface area contributed by atoms with E-state index in [1.54, 1.807) is 0 Å². The van der Waals surface area contributed by atoms with E-state index in [0.29, 0.717) is 75.8 Å². The fourth-order valence-corrected chi connectivity index (χ4v) is 15.8. The average molecular weight is 1130 g/mol. The minimum Gasteiger partial charge on any atom is -0.508 e. The van der Waals surface area contributed by atoms with E-state index >= 15 is 0 Å². The molecule has 2 aliphatic heterocycles. The van der Waals surface area contributed by atoms with E-state index in [1.165, 1.54) is 27.8 Å². The summed E-state index contributed by atoms with van der Waals surface area (Å²) in [7, 11) is 0. The number of aryl methyl sites for hydroxylation is 4. The van der Waals surface area contributed by atoms with Crippen LogP contribution in [0, 0.1) is 29.1 Å². The van der Waals surface area contributed by atoms with Crippen LogP contribution in [0.5, 0.6) is 5.75 Å². The van der Waals surface area contributed by atoms with Gasteiger partial charge in [-0.1, -0.05) is 119 Å². The molecule has 2 saturated carbocycles. The summed E-state index contributed by atoms with van der Waals surface area (Å²) >= 11 is 0. The second-order valence-corrected chi connectivity index (χ2v) is 25.8. The molecule has 5 heterocycles. The summed E-state index contributed by atoms with van der Waals surface area (Å²) in [6, 6.07) is 46.1. The smallest absolute Gasteiger partial charge is 0.164 e. The van der Waals surface area contributed by atoms with Crippen molar-refractivity contribution < 1.29 is 10.2 Å². The van der Waals surface area contributed by atoms with Gasteiger partial charge in [-0.2, -0.15) is 0 Å². The van der Waals surface area contributed by atoms with Crippen LogP contribution in [-0.2, 0) is 25.7 Å². The van der Waals surface area contributed by atoms with Crippen LogP contribution in [-0.4, -0.2) is 55.7 Å².